The van der Waals surface area contributed by atoms with Crippen molar-refractivity contribution < 1.29 is 9.53 Å². The summed E-state index contributed by atoms with van der Waals surface area (Å²) in [6.07, 6.45) is 1.03. The van der Waals surface area contributed by atoms with Crippen LogP contribution in [0.5, 0.6) is 5.75 Å². The molecule has 1 heterocycles. The number of rotatable bonds is 6. The quantitative estimate of drug-likeness (QED) is 0.617. The lowest BCUT2D eigenvalue weighted by Gasteiger charge is -2.10. The Morgan fingerprint density at radius 3 is 2.67 bits per heavy atom. The van der Waals surface area contributed by atoms with E-state index in [0.29, 0.717) is 18.7 Å². The first-order valence-electron chi connectivity index (χ1n) is 8.70. The molecule has 0 saturated carbocycles. The third-order valence-electron chi connectivity index (χ3n) is 4.39. The Kier molecular flexibility index (Phi) is 5.96. The fourth-order valence-corrected chi connectivity index (χ4v) is 3.31. The number of ether oxygens (including phenoxy) is 1. The predicted octanol–water partition coefficient (Wildman–Crippen LogP) is 4.74. The highest BCUT2D eigenvalue weighted by Crippen LogP contribution is 2.32. The molecule has 1 amide bonds. The monoisotopic (exact) mass is 427 g/mol. The van der Waals surface area contributed by atoms with Gasteiger partial charge < -0.3 is 10.1 Å². The first kappa shape index (κ1) is 19.2. The van der Waals surface area contributed by atoms with Gasteiger partial charge in [-0.05, 0) is 48.7 Å². The van der Waals surface area contributed by atoms with Gasteiger partial charge >= 0.3 is 0 Å². The predicted molar refractivity (Wildman–Crippen MR) is 111 cm³/mol. The standard InChI is InChI=1S/C21H22BrN3O2/c1-14-20(16-8-10-17(22)11-9-16)21(25(2)24-14)23-19(26)12-7-15-5-4-6-18(13-15)27-3/h4-6,8-11,13H,7,12H2,1-3H3,(H,23,26). The highest BCUT2D eigenvalue weighted by Gasteiger charge is 2.17. The average molecular weight is 428 g/mol. The number of nitrogens with zero attached hydrogens (tertiary/aromatic N) is 2. The van der Waals surface area contributed by atoms with E-state index in [4.69, 9.17) is 4.74 Å². The number of aryl methyl sites for hydroxylation is 3. The van der Waals surface area contributed by atoms with Crippen molar-refractivity contribution in [2.75, 3.05) is 12.4 Å². The van der Waals surface area contributed by atoms with Crippen LogP contribution in [0.3, 0.4) is 0 Å². The number of carbonyl (C=O) groups excluding carboxylic acids is 1. The number of aromatic nitrogens is 2. The van der Waals surface area contributed by atoms with Gasteiger partial charge in [0, 0.05) is 23.5 Å². The van der Waals surface area contributed by atoms with E-state index >= 15 is 0 Å². The maximum Gasteiger partial charge on any atom is 0.225 e. The van der Waals surface area contributed by atoms with Crippen LogP contribution in [0.2, 0.25) is 0 Å². The molecule has 2 aromatic carbocycles. The van der Waals surface area contributed by atoms with Crippen LogP contribution in [0.1, 0.15) is 17.7 Å². The summed E-state index contributed by atoms with van der Waals surface area (Å²) in [5.74, 6) is 1.47. The molecule has 0 aliphatic rings. The molecular weight excluding hydrogens is 406 g/mol. The Balaban J connectivity index is 1.75. The molecule has 0 unspecified atom stereocenters. The molecule has 1 aromatic heterocycles. The second-order valence-corrected chi connectivity index (χ2v) is 7.25. The van der Waals surface area contributed by atoms with E-state index in [1.54, 1.807) is 11.8 Å². The number of benzene rings is 2. The van der Waals surface area contributed by atoms with Gasteiger partial charge in [-0.1, -0.05) is 40.2 Å². The van der Waals surface area contributed by atoms with Crippen LogP contribution in [-0.4, -0.2) is 22.8 Å². The van der Waals surface area contributed by atoms with Crippen LogP contribution >= 0.6 is 15.9 Å². The van der Waals surface area contributed by atoms with Gasteiger partial charge in [0.15, 0.2) is 0 Å². The van der Waals surface area contributed by atoms with E-state index in [-0.39, 0.29) is 5.91 Å². The molecule has 3 rings (SSSR count). The minimum atomic E-state index is -0.0424. The van der Waals surface area contributed by atoms with Gasteiger partial charge in [0.25, 0.3) is 0 Å². The summed E-state index contributed by atoms with van der Waals surface area (Å²) in [6.45, 7) is 1.95. The summed E-state index contributed by atoms with van der Waals surface area (Å²) in [6, 6.07) is 15.8. The second-order valence-electron chi connectivity index (χ2n) is 6.34. The highest BCUT2D eigenvalue weighted by molar-refractivity contribution is 9.10. The minimum Gasteiger partial charge on any atom is -0.497 e. The van der Waals surface area contributed by atoms with E-state index in [0.717, 1.165) is 32.6 Å². The van der Waals surface area contributed by atoms with Crippen molar-refractivity contribution >= 4 is 27.7 Å². The Morgan fingerprint density at radius 1 is 1.22 bits per heavy atom. The summed E-state index contributed by atoms with van der Waals surface area (Å²) in [4.78, 5) is 12.5. The lowest BCUT2D eigenvalue weighted by Crippen LogP contribution is -2.15. The number of anilines is 1. The van der Waals surface area contributed by atoms with Crippen molar-refractivity contribution in [1.29, 1.82) is 0 Å². The number of amides is 1. The van der Waals surface area contributed by atoms with Crippen molar-refractivity contribution in [2.45, 2.75) is 19.8 Å². The number of hydrogen-bond donors (Lipinski definition) is 1. The first-order chi connectivity index (χ1) is 13.0. The third-order valence-corrected chi connectivity index (χ3v) is 4.92. The molecule has 6 heteroatoms. The number of halogens is 1. The van der Waals surface area contributed by atoms with Crippen molar-refractivity contribution in [3.8, 4) is 16.9 Å². The van der Waals surface area contributed by atoms with Crippen LogP contribution in [-0.2, 0) is 18.3 Å². The van der Waals surface area contributed by atoms with Gasteiger partial charge in [-0.2, -0.15) is 5.10 Å². The zero-order valence-corrected chi connectivity index (χ0v) is 17.2. The lowest BCUT2D eigenvalue weighted by molar-refractivity contribution is -0.116. The van der Waals surface area contributed by atoms with Crippen molar-refractivity contribution in [1.82, 2.24) is 9.78 Å². The van der Waals surface area contributed by atoms with Gasteiger partial charge in [-0.25, -0.2) is 0 Å². The Labute approximate surface area is 167 Å². The fourth-order valence-electron chi connectivity index (χ4n) is 3.04. The molecule has 0 spiro atoms. The van der Waals surface area contributed by atoms with Crippen LogP contribution in [0.15, 0.2) is 53.0 Å². The van der Waals surface area contributed by atoms with Crippen LogP contribution in [0.4, 0.5) is 5.82 Å². The molecule has 5 nitrogen and oxygen atoms in total. The summed E-state index contributed by atoms with van der Waals surface area (Å²) in [5, 5.41) is 7.51. The number of nitrogens with one attached hydrogen (secondary N) is 1. The molecule has 0 atom stereocenters. The molecule has 0 saturated heterocycles. The average Bonchev–Trinajstić information content (AvgIpc) is 2.94. The molecular formula is C21H22BrN3O2. The molecule has 0 aliphatic carbocycles. The Hall–Kier alpha value is -2.60. The Bertz CT molecular complexity index is 949. The molecule has 1 N–H and O–H groups in total. The van der Waals surface area contributed by atoms with E-state index in [9.17, 15) is 4.79 Å². The maximum absolute atomic E-state index is 12.5. The van der Waals surface area contributed by atoms with E-state index < -0.39 is 0 Å². The normalized spacial score (nSPS) is 10.7. The van der Waals surface area contributed by atoms with Gasteiger partial charge in [-0.15, -0.1) is 0 Å². The van der Waals surface area contributed by atoms with Gasteiger partial charge in [-0.3, -0.25) is 9.48 Å². The second kappa shape index (κ2) is 8.39. The Morgan fingerprint density at radius 2 is 1.96 bits per heavy atom. The summed E-state index contributed by atoms with van der Waals surface area (Å²) >= 11 is 3.45. The first-order valence-corrected chi connectivity index (χ1v) is 9.49. The highest BCUT2D eigenvalue weighted by atomic mass is 79.9. The molecule has 0 radical (unpaired) electrons. The minimum absolute atomic E-state index is 0.0424. The maximum atomic E-state index is 12.5. The summed E-state index contributed by atoms with van der Waals surface area (Å²) in [7, 11) is 3.48. The van der Waals surface area contributed by atoms with Crippen LogP contribution in [0, 0.1) is 6.92 Å². The number of methoxy groups -OCH3 is 1. The van der Waals surface area contributed by atoms with Crippen molar-refractivity contribution in [2.24, 2.45) is 7.05 Å². The topological polar surface area (TPSA) is 56.1 Å². The zero-order valence-electron chi connectivity index (χ0n) is 15.6. The lowest BCUT2D eigenvalue weighted by atomic mass is 10.1. The number of hydrogen-bond acceptors (Lipinski definition) is 3. The van der Waals surface area contributed by atoms with Gasteiger partial charge in [0.05, 0.1) is 12.8 Å². The van der Waals surface area contributed by atoms with Crippen molar-refractivity contribution in [3.05, 3.63) is 64.3 Å². The molecule has 0 fully saturated rings. The molecule has 140 valence electrons. The molecule has 0 aliphatic heterocycles. The van der Waals surface area contributed by atoms with E-state index in [1.807, 2.05) is 62.5 Å². The SMILES string of the molecule is COc1cccc(CCC(=O)Nc2c(-c3ccc(Br)cc3)c(C)nn2C)c1. The van der Waals surface area contributed by atoms with Gasteiger partial charge in [0.2, 0.25) is 5.91 Å². The third kappa shape index (κ3) is 4.57. The molecule has 3 aromatic rings. The van der Waals surface area contributed by atoms with Gasteiger partial charge in [0.1, 0.15) is 11.6 Å². The summed E-state index contributed by atoms with van der Waals surface area (Å²) < 4.78 is 7.96. The number of carbonyl (C=O) groups is 1. The largest absolute Gasteiger partial charge is 0.497 e. The van der Waals surface area contributed by atoms with E-state index in [1.165, 1.54) is 0 Å². The smallest absolute Gasteiger partial charge is 0.225 e. The van der Waals surface area contributed by atoms with Crippen LogP contribution in [0.25, 0.3) is 11.1 Å². The molecule has 0 bridgehead atoms. The van der Waals surface area contributed by atoms with E-state index in [2.05, 4.69) is 26.3 Å². The summed E-state index contributed by atoms with van der Waals surface area (Å²) in [5.41, 5.74) is 3.91. The fraction of sp³-hybridized carbons (Fsp3) is 0.238. The zero-order chi connectivity index (χ0) is 19.4. The molecule has 27 heavy (non-hydrogen) atoms. The van der Waals surface area contributed by atoms with Crippen LogP contribution < -0.4 is 10.1 Å². The van der Waals surface area contributed by atoms with Crippen molar-refractivity contribution in [3.63, 3.8) is 0 Å².